The summed E-state index contributed by atoms with van der Waals surface area (Å²) in [7, 11) is 1.66. The van der Waals surface area contributed by atoms with Gasteiger partial charge >= 0.3 is 0 Å². The van der Waals surface area contributed by atoms with Gasteiger partial charge < -0.3 is 15.2 Å². The van der Waals surface area contributed by atoms with Gasteiger partial charge in [0.15, 0.2) is 0 Å². The maximum Gasteiger partial charge on any atom is 0.134 e. The van der Waals surface area contributed by atoms with Crippen molar-refractivity contribution in [2.24, 2.45) is 0 Å². The van der Waals surface area contributed by atoms with E-state index in [9.17, 15) is 9.90 Å². The van der Waals surface area contributed by atoms with Gasteiger partial charge in [-0.25, -0.2) is 0 Å². The molecule has 3 atom stereocenters. The lowest BCUT2D eigenvalue weighted by Crippen LogP contribution is -2.72. The maximum absolute atomic E-state index is 12.2. The Morgan fingerprint density at radius 2 is 2.24 bits per heavy atom. The molecule has 1 saturated heterocycles. The van der Waals surface area contributed by atoms with Crippen molar-refractivity contribution in [1.29, 1.82) is 0 Å². The molecule has 21 heavy (non-hydrogen) atoms. The molecule has 2 aliphatic carbocycles. The number of hydrogen-bond donors (Lipinski definition) is 2. The van der Waals surface area contributed by atoms with Gasteiger partial charge in [-0.2, -0.15) is 0 Å². The Morgan fingerprint density at radius 3 is 3.05 bits per heavy atom. The van der Waals surface area contributed by atoms with Crippen LogP contribution in [0.2, 0.25) is 0 Å². The molecular weight excluding hydrogens is 266 g/mol. The normalized spacial score (nSPS) is 37.6. The number of piperidine rings is 1. The minimum absolute atomic E-state index is 0.0558. The molecule has 4 rings (SSSR count). The molecular formula is C17H21NO3. The summed E-state index contributed by atoms with van der Waals surface area (Å²) in [4.78, 5) is 12.2. The summed E-state index contributed by atoms with van der Waals surface area (Å²) in [5.41, 5.74) is 1.14. The fraction of sp³-hybridized carbons (Fsp3) is 0.588. The second-order valence-electron chi connectivity index (χ2n) is 6.71. The van der Waals surface area contributed by atoms with E-state index in [0.29, 0.717) is 19.3 Å². The van der Waals surface area contributed by atoms with Gasteiger partial charge in [-0.1, -0.05) is 6.07 Å². The van der Waals surface area contributed by atoms with Crippen LogP contribution in [-0.2, 0) is 16.6 Å². The van der Waals surface area contributed by atoms with E-state index < -0.39 is 11.0 Å². The number of carbonyl (C=O) groups is 1. The maximum atomic E-state index is 12.2. The molecule has 112 valence electrons. The highest BCUT2D eigenvalue weighted by Gasteiger charge is 2.62. The van der Waals surface area contributed by atoms with E-state index in [1.807, 2.05) is 12.1 Å². The topological polar surface area (TPSA) is 58.6 Å². The molecule has 1 aromatic rings. The Balaban J connectivity index is 1.95. The van der Waals surface area contributed by atoms with Crippen LogP contribution in [0.5, 0.6) is 5.75 Å². The zero-order chi connectivity index (χ0) is 14.7. The van der Waals surface area contributed by atoms with Crippen LogP contribution in [0.4, 0.5) is 0 Å². The van der Waals surface area contributed by atoms with Gasteiger partial charge in [-0.3, -0.25) is 4.79 Å². The Morgan fingerprint density at radius 1 is 1.38 bits per heavy atom. The van der Waals surface area contributed by atoms with Gasteiger partial charge in [-0.15, -0.1) is 0 Å². The summed E-state index contributed by atoms with van der Waals surface area (Å²) in [5, 5.41) is 14.9. The third kappa shape index (κ3) is 1.60. The number of rotatable bonds is 1. The molecule has 0 amide bonds. The highest BCUT2D eigenvalue weighted by Crippen LogP contribution is 2.55. The molecule has 0 radical (unpaired) electrons. The van der Waals surface area contributed by atoms with Gasteiger partial charge in [0.2, 0.25) is 0 Å². The minimum atomic E-state index is -0.807. The fourth-order valence-corrected chi connectivity index (χ4v) is 4.82. The van der Waals surface area contributed by atoms with E-state index in [4.69, 9.17) is 4.74 Å². The zero-order valence-electron chi connectivity index (χ0n) is 12.3. The number of ketones is 1. The quantitative estimate of drug-likeness (QED) is 0.818. The lowest BCUT2D eigenvalue weighted by atomic mass is 9.50. The van der Waals surface area contributed by atoms with Crippen LogP contribution in [0.25, 0.3) is 0 Å². The highest BCUT2D eigenvalue weighted by molar-refractivity contribution is 5.82. The molecule has 1 aliphatic heterocycles. The summed E-state index contributed by atoms with van der Waals surface area (Å²) in [6.07, 6.45) is 3.16. The standard InChI is InChI=1S/C17H21NO3/c1-21-13-3-2-11-8-15-17(20)5-4-12(19)10-16(17,6-7-18-15)14(11)9-13/h2-3,9,15,18,20H,4-8,10H2,1H3/t15?,16-,17?/m1/s1. The van der Waals surface area contributed by atoms with Crippen LogP contribution >= 0.6 is 0 Å². The largest absolute Gasteiger partial charge is 0.497 e. The van der Waals surface area contributed by atoms with Gasteiger partial charge in [0, 0.05) is 24.3 Å². The van der Waals surface area contributed by atoms with Crippen molar-refractivity contribution in [2.45, 2.75) is 49.2 Å². The van der Waals surface area contributed by atoms with Gasteiger partial charge in [0.05, 0.1) is 12.7 Å². The van der Waals surface area contributed by atoms with Crippen LogP contribution in [0.3, 0.4) is 0 Å². The number of nitrogens with one attached hydrogen (secondary N) is 1. The average molecular weight is 287 g/mol. The molecule has 2 N–H and O–H groups in total. The van der Waals surface area contributed by atoms with Crippen molar-refractivity contribution >= 4 is 5.78 Å². The van der Waals surface area contributed by atoms with Crippen LogP contribution in [0.1, 0.15) is 36.8 Å². The average Bonchev–Trinajstić information content (AvgIpc) is 2.47. The zero-order valence-corrected chi connectivity index (χ0v) is 12.3. The van der Waals surface area contributed by atoms with E-state index in [2.05, 4.69) is 11.4 Å². The number of methoxy groups -OCH3 is 1. The van der Waals surface area contributed by atoms with Crippen molar-refractivity contribution in [3.8, 4) is 5.75 Å². The van der Waals surface area contributed by atoms with E-state index in [0.717, 1.165) is 30.7 Å². The predicted molar refractivity (Wildman–Crippen MR) is 78.6 cm³/mol. The number of hydrogen-bond acceptors (Lipinski definition) is 4. The summed E-state index contributed by atoms with van der Waals surface area (Å²) in [6.45, 7) is 0.858. The van der Waals surface area contributed by atoms with Crippen molar-refractivity contribution in [3.05, 3.63) is 29.3 Å². The van der Waals surface area contributed by atoms with Crippen molar-refractivity contribution in [3.63, 3.8) is 0 Å². The number of benzene rings is 1. The predicted octanol–water partition coefficient (Wildman–Crippen LogP) is 1.34. The SMILES string of the molecule is COc1ccc2c(c1)[C@]13CCNC(C2)C1(O)CCC(=O)C3. The van der Waals surface area contributed by atoms with Crippen LogP contribution in [0.15, 0.2) is 18.2 Å². The molecule has 3 aliphatic rings. The molecule has 2 bridgehead atoms. The van der Waals surface area contributed by atoms with Crippen LogP contribution in [-0.4, -0.2) is 36.2 Å². The second kappa shape index (κ2) is 4.31. The Hall–Kier alpha value is -1.39. The number of aliphatic hydroxyl groups is 1. The summed E-state index contributed by atoms with van der Waals surface area (Å²) < 4.78 is 5.37. The number of fused-ring (bicyclic) bond motifs is 1. The molecule has 0 spiro atoms. The molecule has 1 aromatic carbocycles. The highest BCUT2D eigenvalue weighted by atomic mass is 16.5. The Labute approximate surface area is 124 Å². The van der Waals surface area contributed by atoms with Gasteiger partial charge in [0.25, 0.3) is 0 Å². The van der Waals surface area contributed by atoms with Crippen LogP contribution in [0, 0.1) is 0 Å². The van der Waals surface area contributed by atoms with Crippen molar-refractivity contribution < 1.29 is 14.6 Å². The van der Waals surface area contributed by atoms with E-state index >= 15 is 0 Å². The van der Waals surface area contributed by atoms with Crippen LogP contribution < -0.4 is 10.1 Å². The first-order chi connectivity index (χ1) is 10.1. The summed E-state index contributed by atoms with van der Waals surface area (Å²) in [6, 6.07) is 6.16. The third-order valence-electron chi connectivity index (χ3n) is 5.89. The molecule has 4 nitrogen and oxygen atoms in total. The monoisotopic (exact) mass is 287 g/mol. The molecule has 1 saturated carbocycles. The molecule has 4 heteroatoms. The molecule has 0 aromatic heterocycles. The Bertz CT molecular complexity index is 614. The number of carbonyl (C=O) groups excluding carboxylic acids is 1. The van der Waals surface area contributed by atoms with E-state index in [1.165, 1.54) is 5.56 Å². The third-order valence-corrected chi connectivity index (χ3v) is 5.89. The number of Topliss-reactive ketones (excluding diaryl/α,β-unsaturated/α-hetero) is 1. The lowest BCUT2D eigenvalue weighted by Gasteiger charge is -2.60. The number of ether oxygens (including phenoxy) is 1. The minimum Gasteiger partial charge on any atom is -0.497 e. The van der Waals surface area contributed by atoms with Crippen molar-refractivity contribution in [1.82, 2.24) is 5.32 Å². The first kappa shape index (κ1) is 13.3. The van der Waals surface area contributed by atoms with Crippen molar-refractivity contribution in [2.75, 3.05) is 13.7 Å². The summed E-state index contributed by atoms with van der Waals surface area (Å²) in [5.74, 6) is 1.08. The van der Waals surface area contributed by atoms with Gasteiger partial charge in [-0.05, 0) is 49.1 Å². The first-order valence-electron chi connectivity index (χ1n) is 7.74. The summed E-state index contributed by atoms with van der Waals surface area (Å²) >= 11 is 0. The molecule has 2 unspecified atom stereocenters. The van der Waals surface area contributed by atoms with Gasteiger partial charge in [0.1, 0.15) is 11.5 Å². The molecule has 1 heterocycles. The van der Waals surface area contributed by atoms with E-state index in [1.54, 1.807) is 7.11 Å². The van der Waals surface area contributed by atoms with E-state index in [-0.39, 0.29) is 11.8 Å². The fourth-order valence-electron chi connectivity index (χ4n) is 4.82. The lowest BCUT2D eigenvalue weighted by molar-refractivity contribution is -0.149. The molecule has 2 fully saturated rings. The second-order valence-corrected chi connectivity index (χ2v) is 6.71. The first-order valence-corrected chi connectivity index (χ1v) is 7.74. The smallest absolute Gasteiger partial charge is 0.134 e. The Kier molecular flexibility index (Phi) is 2.72.